The molecule has 4 rings (SSSR count). The van der Waals surface area contributed by atoms with Gasteiger partial charge in [0.15, 0.2) is 0 Å². The van der Waals surface area contributed by atoms with Crippen LogP contribution in [0.4, 0.5) is 4.79 Å². The van der Waals surface area contributed by atoms with Crippen molar-refractivity contribution in [3.63, 3.8) is 0 Å². The Hall–Kier alpha value is -3.39. The third kappa shape index (κ3) is 4.37. The average Bonchev–Trinajstić information content (AvgIpc) is 3.39. The van der Waals surface area contributed by atoms with E-state index in [-0.39, 0.29) is 25.6 Å². The molecule has 8 nitrogen and oxygen atoms in total. The van der Waals surface area contributed by atoms with Gasteiger partial charge in [-0.25, -0.2) is 9.59 Å². The normalized spacial score (nSPS) is 19.9. The van der Waals surface area contributed by atoms with Gasteiger partial charge >= 0.3 is 12.1 Å². The van der Waals surface area contributed by atoms with E-state index in [1.807, 2.05) is 36.4 Å². The molecule has 1 unspecified atom stereocenters. The van der Waals surface area contributed by atoms with Gasteiger partial charge in [-0.15, -0.1) is 0 Å². The van der Waals surface area contributed by atoms with Crippen molar-refractivity contribution in [2.24, 2.45) is 0 Å². The molecule has 1 fully saturated rings. The molecule has 0 saturated carbocycles. The van der Waals surface area contributed by atoms with Crippen molar-refractivity contribution in [1.29, 1.82) is 0 Å². The molecule has 2 aromatic carbocycles. The standard InChI is InChI=1S/C26H30N2O6/c1-26(24(30)31)13-7-14-28(26)23(29)22(12-15-33-2)27-25(32)34-16-21-19-10-5-3-8-17(19)18-9-4-6-11-20(18)21/h3-6,8-11,21-22H,7,12-16H2,1-2H3,(H,27,32)(H,30,31)/t22?,26-/m1/s1. The Bertz CT molecular complexity index is 1040. The van der Waals surface area contributed by atoms with Crippen LogP contribution in [-0.4, -0.2) is 66.4 Å². The van der Waals surface area contributed by atoms with Crippen molar-refractivity contribution in [3.8, 4) is 11.1 Å². The molecule has 2 N–H and O–H groups in total. The fourth-order valence-corrected chi connectivity index (χ4v) is 5.00. The Labute approximate surface area is 198 Å². The first-order valence-corrected chi connectivity index (χ1v) is 11.5. The van der Waals surface area contributed by atoms with E-state index in [9.17, 15) is 19.5 Å². The van der Waals surface area contributed by atoms with Gasteiger partial charge in [-0.1, -0.05) is 48.5 Å². The van der Waals surface area contributed by atoms with E-state index in [4.69, 9.17) is 9.47 Å². The molecule has 2 aromatic rings. The fourth-order valence-electron chi connectivity index (χ4n) is 5.00. The van der Waals surface area contributed by atoms with E-state index >= 15 is 0 Å². The average molecular weight is 467 g/mol. The van der Waals surface area contributed by atoms with Crippen LogP contribution in [0.5, 0.6) is 0 Å². The number of aliphatic carboxylic acids is 1. The minimum atomic E-state index is -1.29. The fraction of sp³-hybridized carbons (Fsp3) is 0.423. The highest BCUT2D eigenvalue weighted by atomic mass is 16.5. The Balaban J connectivity index is 1.45. The molecular weight excluding hydrogens is 436 g/mol. The number of carbonyl (C=O) groups is 3. The number of ether oxygens (including phenoxy) is 2. The number of carbonyl (C=O) groups excluding carboxylic acids is 2. The molecule has 1 saturated heterocycles. The topological polar surface area (TPSA) is 105 Å². The molecule has 0 bridgehead atoms. The van der Waals surface area contributed by atoms with Crippen LogP contribution in [0, 0.1) is 0 Å². The zero-order valence-electron chi connectivity index (χ0n) is 19.5. The van der Waals surface area contributed by atoms with Crippen LogP contribution < -0.4 is 5.32 Å². The summed E-state index contributed by atoms with van der Waals surface area (Å²) in [5, 5.41) is 12.3. The van der Waals surface area contributed by atoms with E-state index in [0.717, 1.165) is 22.3 Å². The van der Waals surface area contributed by atoms with Gasteiger partial charge in [-0.3, -0.25) is 4.79 Å². The van der Waals surface area contributed by atoms with Gasteiger partial charge in [0.1, 0.15) is 18.2 Å². The van der Waals surface area contributed by atoms with E-state index in [2.05, 4.69) is 17.4 Å². The lowest BCUT2D eigenvalue weighted by atomic mass is 9.98. The molecule has 1 aliphatic heterocycles. The largest absolute Gasteiger partial charge is 0.480 e. The summed E-state index contributed by atoms with van der Waals surface area (Å²) in [5.41, 5.74) is 3.16. The summed E-state index contributed by atoms with van der Waals surface area (Å²) in [4.78, 5) is 39.1. The molecule has 0 aromatic heterocycles. The Morgan fingerprint density at radius 3 is 2.32 bits per heavy atom. The number of hydrogen-bond acceptors (Lipinski definition) is 5. The maximum Gasteiger partial charge on any atom is 0.407 e. The second-order valence-corrected chi connectivity index (χ2v) is 8.98. The monoisotopic (exact) mass is 466 g/mol. The molecule has 180 valence electrons. The van der Waals surface area contributed by atoms with Gasteiger partial charge in [0.25, 0.3) is 0 Å². The van der Waals surface area contributed by atoms with Crippen molar-refractivity contribution >= 4 is 18.0 Å². The van der Waals surface area contributed by atoms with Crippen molar-refractivity contribution in [1.82, 2.24) is 10.2 Å². The first kappa shape index (κ1) is 23.8. The zero-order valence-corrected chi connectivity index (χ0v) is 19.5. The van der Waals surface area contributed by atoms with Gasteiger partial charge in [0.2, 0.25) is 5.91 Å². The minimum Gasteiger partial charge on any atom is -0.480 e. The predicted octanol–water partition coefficient (Wildman–Crippen LogP) is 3.40. The lowest BCUT2D eigenvalue weighted by molar-refractivity contribution is -0.156. The summed E-state index contributed by atoms with van der Waals surface area (Å²) in [6, 6.07) is 15.2. The molecule has 0 spiro atoms. The number of methoxy groups -OCH3 is 1. The maximum absolute atomic E-state index is 13.2. The minimum absolute atomic E-state index is 0.0971. The Kier molecular flexibility index (Phi) is 6.88. The van der Waals surface area contributed by atoms with Gasteiger partial charge in [0.05, 0.1) is 0 Å². The number of nitrogens with one attached hydrogen (secondary N) is 1. The predicted molar refractivity (Wildman–Crippen MR) is 125 cm³/mol. The zero-order chi connectivity index (χ0) is 24.3. The molecule has 0 radical (unpaired) electrons. The van der Waals surface area contributed by atoms with E-state index in [1.165, 1.54) is 12.0 Å². The van der Waals surface area contributed by atoms with E-state index in [0.29, 0.717) is 19.4 Å². The summed E-state index contributed by atoms with van der Waals surface area (Å²) < 4.78 is 10.7. The second-order valence-electron chi connectivity index (χ2n) is 8.98. The van der Waals surface area contributed by atoms with Gasteiger partial charge in [0, 0.05) is 32.6 Å². The molecule has 1 heterocycles. The third-order valence-corrected chi connectivity index (χ3v) is 6.91. The van der Waals surface area contributed by atoms with Crippen LogP contribution in [0.2, 0.25) is 0 Å². The number of rotatable bonds is 8. The second kappa shape index (κ2) is 9.85. The molecule has 8 heteroatoms. The number of likely N-dealkylation sites (tertiary alicyclic amines) is 1. The number of hydrogen-bond donors (Lipinski definition) is 2. The number of nitrogens with zero attached hydrogens (tertiary/aromatic N) is 1. The number of amides is 2. The van der Waals surface area contributed by atoms with Crippen LogP contribution in [0.15, 0.2) is 48.5 Å². The Morgan fingerprint density at radius 1 is 1.12 bits per heavy atom. The number of carboxylic acids is 1. The number of alkyl carbamates (subject to hydrolysis) is 1. The summed E-state index contributed by atoms with van der Waals surface area (Å²) in [5.74, 6) is -1.59. The quantitative estimate of drug-likeness (QED) is 0.618. The SMILES string of the molecule is COCCC(NC(=O)OCC1c2ccccc2-c2ccccc21)C(=O)N1CCC[C@]1(C)C(=O)O. The van der Waals surface area contributed by atoms with Crippen molar-refractivity contribution in [2.75, 3.05) is 26.9 Å². The maximum atomic E-state index is 13.2. The van der Waals surface area contributed by atoms with Gasteiger partial charge in [-0.05, 0) is 42.0 Å². The molecule has 34 heavy (non-hydrogen) atoms. The number of benzene rings is 2. The smallest absolute Gasteiger partial charge is 0.407 e. The molecule has 2 aliphatic rings. The highest BCUT2D eigenvalue weighted by molar-refractivity contribution is 5.91. The third-order valence-electron chi connectivity index (χ3n) is 6.91. The first-order valence-electron chi connectivity index (χ1n) is 11.5. The molecule has 2 atom stereocenters. The van der Waals surface area contributed by atoms with Crippen molar-refractivity contribution in [3.05, 3.63) is 59.7 Å². The van der Waals surface area contributed by atoms with Gasteiger partial charge in [-0.2, -0.15) is 0 Å². The number of carboxylic acid groups (broad SMARTS) is 1. The molecule has 1 aliphatic carbocycles. The molecule has 2 amide bonds. The number of fused-ring (bicyclic) bond motifs is 3. The van der Waals surface area contributed by atoms with E-state index in [1.54, 1.807) is 6.92 Å². The van der Waals surface area contributed by atoms with Crippen molar-refractivity contribution in [2.45, 2.75) is 43.7 Å². The summed E-state index contributed by atoms with van der Waals surface area (Å²) in [7, 11) is 1.51. The van der Waals surface area contributed by atoms with Crippen LogP contribution in [0.3, 0.4) is 0 Å². The van der Waals surface area contributed by atoms with Crippen LogP contribution in [0.1, 0.15) is 43.2 Å². The van der Waals surface area contributed by atoms with Crippen LogP contribution >= 0.6 is 0 Å². The van der Waals surface area contributed by atoms with Crippen LogP contribution in [-0.2, 0) is 19.1 Å². The van der Waals surface area contributed by atoms with Gasteiger partial charge < -0.3 is 24.8 Å². The van der Waals surface area contributed by atoms with Crippen LogP contribution in [0.25, 0.3) is 11.1 Å². The lowest BCUT2D eigenvalue weighted by Gasteiger charge is -2.34. The highest BCUT2D eigenvalue weighted by Gasteiger charge is 2.47. The first-order chi connectivity index (χ1) is 16.4. The summed E-state index contributed by atoms with van der Waals surface area (Å²) in [6.45, 7) is 2.23. The summed E-state index contributed by atoms with van der Waals surface area (Å²) in [6.07, 6.45) is 0.464. The highest BCUT2D eigenvalue weighted by Crippen LogP contribution is 2.44. The molecular formula is C26H30N2O6. The Morgan fingerprint density at radius 2 is 1.74 bits per heavy atom. The lowest BCUT2D eigenvalue weighted by Crippen LogP contribution is -2.57. The van der Waals surface area contributed by atoms with E-state index < -0.39 is 29.6 Å². The summed E-state index contributed by atoms with van der Waals surface area (Å²) >= 11 is 0. The van der Waals surface area contributed by atoms with Crippen molar-refractivity contribution < 1.29 is 29.0 Å².